The number of hydrogen-bond acceptors (Lipinski definition) is 3. The number of hydrogen-bond donors (Lipinski definition) is 0. The van der Waals surface area contributed by atoms with Crippen LogP contribution in [0.5, 0.6) is 0 Å². The van der Waals surface area contributed by atoms with Gasteiger partial charge in [-0.3, -0.25) is 0 Å². The Hall–Kier alpha value is -0.410. The molecule has 0 saturated heterocycles. The van der Waals surface area contributed by atoms with Crippen molar-refractivity contribution in [2.24, 2.45) is 0 Å². The van der Waals surface area contributed by atoms with Gasteiger partial charge in [-0.15, -0.1) is 11.6 Å². The van der Waals surface area contributed by atoms with E-state index in [9.17, 15) is 0 Å². The van der Waals surface area contributed by atoms with Crippen LogP contribution in [0, 0.1) is 6.92 Å². The maximum atomic E-state index is 5.85. The topological polar surface area (TPSA) is 16.1 Å². The van der Waals surface area contributed by atoms with E-state index < -0.39 is 0 Å². The molecule has 1 rings (SSSR count). The van der Waals surface area contributed by atoms with Crippen LogP contribution in [0.1, 0.15) is 24.6 Å². The summed E-state index contributed by atoms with van der Waals surface area (Å²) in [5.74, 6) is 2.70. The quantitative estimate of drug-likeness (QED) is 0.735. The Morgan fingerprint density at radius 2 is 2.18 bits per heavy atom. The summed E-state index contributed by atoms with van der Waals surface area (Å²) in [4.78, 5) is 6.89. The number of aryl methyl sites for hydroxylation is 1. The minimum Gasteiger partial charge on any atom is -0.356 e. The van der Waals surface area contributed by atoms with Crippen molar-refractivity contribution in [3.8, 4) is 0 Å². The second kappa shape index (κ2) is 7.12. The number of pyridine rings is 1. The van der Waals surface area contributed by atoms with Gasteiger partial charge in [-0.1, -0.05) is 13.0 Å². The summed E-state index contributed by atoms with van der Waals surface area (Å²) in [6.45, 7) is 4.24. The molecule has 0 aromatic carbocycles. The highest BCUT2D eigenvalue weighted by molar-refractivity contribution is 7.98. The van der Waals surface area contributed by atoms with Crippen LogP contribution in [0.4, 0.5) is 5.82 Å². The third kappa shape index (κ3) is 3.78. The minimum atomic E-state index is 0.533. The summed E-state index contributed by atoms with van der Waals surface area (Å²) in [6.07, 6.45) is 3.28. The summed E-state index contributed by atoms with van der Waals surface area (Å²) in [7, 11) is 2.12. The van der Waals surface area contributed by atoms with E-state index in [2.05, 4.69) is 42.2 Å². The lowest BCUT2D eigenvalue weighted by atomic mass is 10.2. The summed E-state index contributed by atoms with van der Waals surface area (Å²) in [5, 5.41) is 0. The first-order valence-electron chi connectivity index (χ1n) is 5.88. The second-order valence-electron chi connectivity index (χ2n) is 4.18. The Morgan fingerprint density at radius 1 is 1.47 bits per heavy atom. The van der Waals surface area contributed by atoms with E-state index >= 15 is 0 Å². The van der Waals surface area contributed by atoms with Gasteiger partial charge in [-0.2, -0.15) is 11.8 Å². The molecule has 1 aromatic heterocycles. The normalized spacial score (nSPS) is 12.5. The van der Waals surface area contributed by atoms with Gasteiger partial charge in [0.1, 0.15) is 5.82 Å². The average Bonchev–Trinajstić information content (AvgIpc) is 2.35. The molecule has 0 spiro atoms. The SMILES string of the molecule is CCC(CSC)N(C)c1ccc(CCl)c(C)n1. The Kier molecular flexibility index (Phi) is 6.14. The fourth-order valence-corrected chi connectivity index (χ4v) is 2.92. The second-order valence-corrected chi connectivity index (χ2v) is 5.35. The number of thioether (sulfide) groups is 1. The van der Waals surface area contributed by atoms with E-state index in [1.54, 1.807) is 0 Å². The molecule has 0 radical (unpaired) electrons. The molecule has 0 N–H and O–H groups in total. The van der Waals surface area contributed by atoms with Gasteiger partial charge in [0.05, 0.1) is 0 Å². The zero-order valence-corrected chi connectivity index (χ0v) is 12.6. The summed E-state index contributed by atoms with van der Waals surface area (Å²) >= 11 is 7.73. The number of halogens is 1. The molecular formula is C13H21ClN2S. The predicted molar refractivity (Wildman–Crippen MR) is 79.4 cm³/mol. The molecule has 96 valence electrons. The van der Waals surface area contributed by atoms with Crippen LogP contribution in [-0.4, -0.2) is 30.1 Å². The third-order valence-corrected chi connectivity index (χ3v) is 4.07. The lowest BCUT2D eigenvalue weighted by Gasteiger charge is -2.28. The van der Waals surface area contributed by atoms with Crippen molar-refractivity contribution >= 4 is 29.2 Å². The van der Waals surface area contributed by atoms with Gasteiger partial charge in [0.25, 0.3) is 0 Å². The van der Waals surface area contributed by atoms with Crippen molar-refractivity contribution in [2.45, 2.75) is 32.2 Å². The third-order valence-electron chi connectivity index (χ3n) is 3.06. The molecule has 4 heteroatoms. The molecule has 0 bridgehead atoms. The van der Waals surface area contributed by atoms with Crippen LogP contribution in [0.2, 0.25) is 0 Å². The predicted octanol–water partition coefficient (Wildman–Crippen LogP) is 3.71. The van der Waals surface area contributed by atoms with Crippen molar-refractivity contribution in [3.63, 3.8) is 0 Å². The molecule has 1 atom stereocenters. The van der Waals surface area contributed by atoms with E-state index in [0.29, 0.717) is 11.9 Å². The first kappa shape index (κ1) is 14.7. The van der Waals surface area contributed by atoms with Crippen LogP contribution >= 0.6 is 23.4 Å². The van der Waals surface area contributed by atoms with E-state index in [1.165, 1.54) is 0 Å². The van der Waals surface area contributed by atoms with E-state index in [0.717, 1.165) is 29.2 Å². The summed E-state index contributed by atoms with van der Waals surface area (Å²) in [5.41, 5.74) is 2.14. The molecule has 0 aliphatic carbocycles. The molecule has 1 unspecified atom stereocenters. The molecule has 0 aliphatic heterocycles. The number of nitrogens with zero attached hydrogens (tertiary/aromatic N) is 2. The lowest BCUT2D eigenvalue weighted by molar-refractivity contribution is 0.665. The zero-order chi connectivity index (χ0) is 12.8. The number of rotatable bonds is 6. The minimum absolute atomic E-state index is 0.533. The van der Waals surface area contributed by atoms with Gasteiger partial charge < -0.3 is 4.90 Å². The van der Waals surface area contributed by atoms with Crippen molar-refractivity contribution in [1.82, 2.24) is 4.98 Å². The maximum Gasteiger partial charge on any atom is 0.128 e. The number of alkyl halides is 1. The van der Waals surface area contributed by atoms with Crippen LogP contribution < -0.4 is 4.90 Å². The molecule has 0 aliphatic rings. The van der Waals surface area contributed by atoms with E-state index in [4.69, 9.17) is 11.6 Å². The van der Waals surface area contributed by atoms with Gasteiger partial charge in [-0.25, -0.2) is 4.98 Å². The van der Waals surface area contributed by atoms with Crippen LogP contribution in [-0.2, 0) is 5.88 Å². The Morgan fingerprint density at radius 3 is 2.65 bits per heavy atom. The fourth-order valence-electron chi connectivity index (χ4n) is 1.80. The lowest BCUT2D eigenvalue weighted by Crippen LogP contribution is -2.33. The molecule has 0 fully saturated rings. The largest absolute Gasteiger partial charge is 0.356 e. The average molecular weight is 273 g/mol. The van der Waals surface area contributed by atoms with Gasteiger partial charge >= 0.3 is 0 Å². The summed E-state index contributed by atoms with van der Waals surface area (Å²) < 4.78 is 0. The molecular weight excluding hydrogens is 252 g/mol. The Bertz CT molecular complexity index is 357. The molecule has 17 heavy (non-hydrogen) atoms. The first-order chi connectivity index (χ1) is 8.13. The fraction of sp³-hybridized carbons (Fsp3) is 0.615. The van der Waals surface area contributed by atoms with Gasteiger partial charge in [0.15, 0.2) is 0 Å². The molecule has 2 nitrogen and oxygen atoms in total. The standard InChI is InChI=1S/C13H21ClN2S/c1-5-12(9-17-4)16(3)13-7-6-11(8-14)10(2)15-13/h6-7,12H,5,8-9H2,1-4H3. The molecule has 1 heterocycles. The van der Waals surface area contributed by atoms with Crippen LogP contribution in [0.25, 0.3) is 0 Å². The Balaban J connectivity index is 2.87. The van der Waals surface area contributed by atoms with Gasteiger partial charge in [0.2, 0.25) is 0 Å². The zero-order valence-electron chi connectivity index (χ0n) is 11.0. The highest BCUT2D eigenvalue weighted by Crippen LogP contribution is 2.19. The Labute approximate surface area is 114 Å². The van der Waals surface area contributed by atoms with Crippen LogP contribution in [0.3, 0.4) is 0 Å². The van der Waals surface area contributed by atoms with Crippen LogP contribution in [0.15, 0.2) is 12.1 Å². The van der Waals surface area contributed by atoms with Crippen molar-refractivity contribution < 1.29 is 0 Å². The molecule has 1 aromatic rings. The van der Waals surface area contributed by atoms with Gasteiger partial charge in [-0.05, 0) is 31.2 Å². The summed E-state index contributed by atoms with van der Waals surface area (Å²) in [6, 6.07) is 4.68. The maximum absolute atomic E-state index is 5.85. The van der Waals surface area contributed by atoms with Gasteiger partial charge in [0, 0.05) is 30.4 Å². The monoisotopic (exact) mass is 272 g/mol. The highest BCUT2D eigenvalue weighted by atomic mass is 35.5. The molecule has 0 amide bonds. The van der Waals surface area contributed by atoms with E-state index in [1.807, 2.05) is 18.7 Å². The van der Waals surface area contributed by atoms with E-state index in [-0.39, 0.29) is 0 Å². The van der Waals surface area contributed by atoms with Crippen molar-refractivity contribution in [3.05, 3.63) is 23.4 Å². The molecule has 0 saturated carbocycles. The first-order valence-corrected chi connectivity index (χ1v) is 7.81. The highest BCUT2D eigenvalue weighted by Gasteiger charge is 2.14. The van der Waals surface area contributed by atoms with Crippen molar-refractivity contribution in [2.75, 3.05) is 24.0 Å². The van der Waals surface area contributed by atoms with Crippen molar-refractivity contribution in [1.29, 1.82) is 0 Å². The smallest absolute Gasteiger partial charge is 0.128 e. The number of anilines is 1. The number of aromatic nitrogens is 1.